The molecule has 0 amide bonds. The molecule has 1 unspecified atom stereocenters. The van der Waals surface area contributed by atoms with Gasteiger partial charge in [-0.05, 0) is 29.2 Å². The summed E-state index contributed by atoms with van der Waals surface area (Å²) in [4.78, 5) is 0. The number of allylic oxidation sites excluding steroid dienone is 1. The van der Waals surface area contributed by atoms with Gasteiger partial charge in [0, 0.05) is 13.0 Å². The van der Waals surface area contributed by atoms with E-state index in [2.05, 4.69) is 12.1 Å². The van der Waals surface area contributed by atoms with E-state index in [9.17, 15) is 10.2 Å². The van der Waals surface area contributed by atoms with Crippen LogP contribution in [0.15, 0.2) is 54.0 Å². The molecule has 0 bridgehead atoms. The van der Waals surface area contributed by atoms with Gasteiger partial charge in [0.25, 0.3) is 0 Å². The SMILES string of the molecule is NCC1(c2ccc3ccccc3c2)CCCC(O)=C1O. The van der Waals surface area contributed by atoms with Crippen LogP contribution in [0.4, 0.5) is 0 Å². The Balaban J connectivity index is 2.18. The minimum absolute atomic E-state index is 0.0431. The highest BCUT2D eigenvalue weighted by molar-refractivity contribution is 5.83. The molecule has 3 rings (SSSR count). The third-order valence-corrected chi connectivity index (χ3v) is 4.39. The summed E-state index contributed by atoms with van der Waals surface area (Å²) in [7, 11) is 0. The number of rotatable bonds is 2. The smallest absolute Gasteiger partial charge is 0.141 e. The predicted octanol–water partition coefficient (Wildman–Crippen LogP) is 3.55. The molecule has 20 heavy (non-hydrogen) atoms. The van der Waals surface area contributed by atoms with Crippen LogP contribution in [0, 0.1) is 0 Å². The fourth-order valence-electron chi connectivity index (χ4n) is 3.16. The van der Waals surface area contributed by atoms with E-state index in [4.69, 9.17) is 5.73 Å². The molecule has 0 fully saturated rings. The van der Waals surface area contributed by atoms with Crippen LogP contribution in [-0.4, -0.2) is 16.8 Å². The van der Waals surface area contributed by atoms with Crippen molar-refractivity contribution in [2.45, 2.75) is 24.7 Å². The lowest BCUT2D eigenvalue weighted by atomic mass is 9.71. The van der Waals surface area contributed by atoms with Gasteiger partial charge in [0.1, 0.15) is 11.5 Å². The summed E-state index contributed by atoms with van der Waals surface area (Å²) in [6, 6.07) is 14.2. The zero-order valence-corrected chi connectivity index (χ0v) is 11.3. The highest BCUT2D eigenvalue weighted by Gasteiger charge is 2.40. The van der Waals surface area contributed by atoms with E-state index in [-0.39, 0.29) is 11.5 Å². The van der Waals surface area contributed by atoms with Crippen molar-refractivity contribution >= 4 is 10.8 Å². The molecular weight excluding hydrogens is 250 g/mol. The van der Waals surface area contributed by atoms with Crippen molar-refractivity contribution in [2.24, 2.45) is 5.73 Å². The van der Waals surface area contributed by atoms with Crippen LogP contribution in [0.2, 0.25) is 0 Å². The van der Waals surface area contributed by atoms with Crippen LogP contribution >= 0.6 is 0 Å². The van der Waals surface area contributed by atoms with Gasteiger partial charge in [0.2, 0.25) is 0 Å². The molecule has 0 aromatic heterocycles. The second-order valence-electron chi connectivity index (χ2n) is 5.50. The van der Waals surface area contributed by atoms with Gasteiger partial charge in [-0.15, -0.1) is 0 Å². The maximum absolute atomic E-state index is 10.4. The zero-order valence-electron chi connectivity index (χ0n) is 11.3. The Kier molecular flexibility index (Phi) is 3.14. The summed E-state index contributed by atoms with van der Waals surface area (Å²) in [5, 5.41) is 22.5. The fraction of sp³-hybridized carbons (Fsp3) is 0.294. The van der Waals surface area contributed by atoms with Crippen LogP contribution in [-0.2, 0) is 5.41 Å². The van der Waals surface area contributed by atoms with E-state index >= 15 is 0 Å². The van der Waals surface area contributed by atoms with Gasteiger partial charge < -0.3 is 15.9 Å². The topological polar surface area (TPSA) is 66.5 Å². The number of nitrogens with two attached hydrogens (primary N) is 1. The summed E-state index contributed by atoms with van der Waals surface area (Å²) in [5.41, 5.74) is 6.29. The van der Waals surface area contributed by atoms with Gasteiger partial charge in [0.15, 0.2) is 0 Å². The van der Waals surface area contributed by atoms with E-state index in [1.807, 2.05) is 30.3 Å². The quantitative estimate of drug-likeness (QED) is 0.781. The summed E-state index contributed by atoms with van der Waals surface area (Å²) < 4.78 is 0. The maximum atomic E-state index is 10.4. The average Bonchev–Trinajstić information content (AvgIpc) is 2.50. The van der Waals surface area contributed by atoms with Gasteiger partial charge in [-0.2, -0.15) is 0 Å². The molecule has 0 spiro atoms. The molecule has 1 aliphatic rings. The average molecular weight is 269 g/mol. The lowest BCUT2D eigenvalue weighted by molar-refractivity contribution is 0.207. The van der Waals surface area contributed by atoms with Crippen LogP contribution in [0.3, 0.4) is 0 Å². The molecule has 1 aliphatic carbocycles. The van der Waals surface area contributed by atoms with Gasteiger partial charge in [-0.1, -0.05) is 42.5 Å². The maximum Gasteiger partial charge on any atom is 0.141 e. The fourth-order valence-corrected chi connectivity index (χ4v) is 3.16. The Morgan fingerprint density at radius 2 is 1.80 bits per heavy atom. The highest BCUT2D eigenvalue weighted by Crippen LogP contribution is 2.41. The van der Waals surface area contributed by atoms with Crippen molar-refractivity contribution in [3.63, 3.8) is 0 Å². The van der Waals surface area contributed by atoms with Crippen LogP contribution in [0.5, 0.6) is 0 Å². The summed E-state index contributed by atoms with van der Waals surface area (Å²) in [5.74, 6) is 0.122. The Morgan fingerprint density at radius 3 is 2.55 bits per heavy atom. The molecule has 0 saturated carbocycles. The standard InChI is InChI=1S/C17H19NO2/c18-11-17(9-3-6-15(19)16(17)20)14-8-7-12-4-1-2-5-13(12)10-14/h1-2,4-5,7-8,10,19-20H,3,6,9,11,18H2. The van der Waals surface area contributed by atoms with Crippen molar-refractivity contribution in [3.05, 3.63) is 59.5 Å². The van der Waals surface area contributed by atoms with E-state index < -0.39 is 5.41 Å². The molecule has 0 heterocycles. The number of hydrogen-bond acceptors (Lipinski definition) is 3. The third-order valence-electron chi connectivity index (χ3n) is 4.39. The van der Waals surface area contributed by atoms with Crippen molar-refractivity contribution in [1.82, 2.24) is 0 Å². The molecule has 0 saturated heterocycles. The molecule has 2 aromatic carbocycles. The predicted molar refractivity (Wildman–Crippen MR) is 80.8 cm³/mol. The monoisotopic (exact) mass is 269 g/mol. The first-order valence-corrected chi connectivity index (χ1v) is 6.98. The summed E-state index contributed by atoms with van der Waals surface area (Å²) >= 11 is 0. The first kappa shape index (κ1) is 13.0. The summed E-state index contributed by atoms with van der Waals surface area (Å²) in [6.07, 6.45) is 2.12. The number of hydrogen-bond donors (Lipinski definition) is 3. The lowest BCUT2D eigenvalue weighted by Crippen LogP contribution is -2.40. The number of aliphatic hydroxyl groups is 2. The van der Waals surface area contributed by atoms with Gasteiger partial charge in [-0.3, -0.25) is 0 Å². The molecular formula is C17H19NO2. The number of fused-ring (bicyclic) bond motifs is 1. The molecule has 0 aliphatic heterocycles. The van der Waals surface area contributed by atoms with Crippen LogP contribution in [0.1, 0.15) is 24.8 Å². The summed E-state index contributed by atoms with van der Waals surface area (Å²) in [6.45, 7) is 0.293. The second kappa shape index (κ2) is 4.84. The van der Waals surface area contributed by atoms with E-state index in [0.717, 1.165) is 29.2 Å². The van der Waals surface area contributed by atoms with Crippen molar-refractivity contribution in [2.75, 3.05) is 6.54 Å². The van der Waals surface area contributed by atoms with E-state index in [1.54, 1.807) is 0 Å². The first-order chi connectivity index (χ1) is 9.67. The minimum Gasteiger partial charge on any atom is -0.509 e. The Morgan fingerprint density at radius 1 is 1.05 bits per heavy atom. The second-order valence-corrected chi connectivity index (χ2v) is 5.50. The van der Waals surface area contributed by atoms with Crippen LogP contribution < -0.4 is 5.73 Å². The normalized spacial score (nSPS) is 23.2. The molecule has 3 heteroatoms. The minimum atomic E-state index is -0.646. The Hall–Kier alpha value is -2.00. The molecule has 0 radical (unpaired) electrons. The van der Waals surface area contributed by atoms with Crippen molar-refractivity contribution < 1.29 is 10.2 Å². The van der Waals surface area contributed by atoms with Gasteiger partial charge >= 0.3 is 0 Å². The van der Waals surface area contributed by atoms with Crippen molar-refractivity contribution in [3.8, 4) is 0 Å². The van der Waals surface area contributed by atoms with Crippen molar-refractivity contribution in [1.29, 1.82) is 0 Å². The lowest BCUT2D eigenvalue weighted by Gasteiger charge is -2.36. The molecule has 4 N–H and O–H groups in total. The van der Waals surface area contributed by atoms with E-state index in [1.165, 1.54) is 0 Å². The van der Waals surface area contributed by atoms with E-state index in [0.29, 0.717) is 13.0 Å². The third kappa shape index (κ3) is 1.86. The number of benzene rings is 2. The highest BCUT2D eigenvalue weighted by atomic mass is 16.3. The Labute approximate surface area is 118 Å². The molecule has 3 nitrogen and oxygen atoms in total. The first-order valence-electron chi connectivity index (χ1n) is 6.98. The van der Waals surface area contributed by atoms with Crippen LogP contribution in [0.25, 0.3) is 10.8 Å². The van der Waals surface area contributed by atoms with Gasteiger partial charge in [-0.25, -0.2) is 0 Å². The Bertz CT molecular complexity index is 677. The molecule has 104 valence electrons. The van der Waals surface area contributed by atoms with Gasteiger partial charge in [0.05, 0.1) is 5.41 Å². The molecule has 1 atom stereocenters. The number of aliphatic hydroxyl groups excluding tert-OH is 2. The zero-order chi connectivity index (χ0) is 14.2. The molecule has 2 aromatic rings. The largest absolute Gasteiger partial charge is 0.509 e.